The minimum atomic E-state index is -3.78. The van der Waals surface area contributed by atoms with E-state index >= 15 is 0 Å². The summed E-state index contributed by atoms with van der Waals surface area (Å²) >= 11 is 0. The molecule has 0 atom stereocenters. The van der Waals surface area contributed by atoms with Gasteiger partial charge in [-0.3, -0.25) is 4.79 Å². The van der Waals surface area contributed by atoms with Gasteiger partial charge >= 0.3 is 0 Å². The number of benzene rings is 2. The molecule has 1 aliphatic carbocycles. The highest BCUT2D eigenvalue weighted by atomic mass is 32.2. The third kappa shape index (κ3) is 4.12. The van der Waals surface area contributed by atoms with Gasteiger partial charge in [0.1, 0.15) is 0 Å². The first-order valence-corrected chi connectivity index (χ1v) is 12.3. The van der Waals surface area contributed by atoms with Crippen LogP contribution in [0, 0.1) is 0 Å². The number of nitrogens with zero attached hydrogens (tertiary/aromatic N) is 1. The molecule has 4 rings (SSSR count). The Morgan fingerprint density at radius 3 is 2.50 bits per heavy atom. The van der Waals surface area contributed by atoms with Crippen molar-refractivity contribution in [1.82, 2.24) is 4.72 Å². The predicted molar refractivity (Wildman–Crippen MR) is 123 cm³/mol. The van der Waals surface area contributed by atoms with Crippen LogP contribution < -0.4 is 19.1 Å². The number of carbonyl (C=O) groups is 1. The first-order chi connectivity index (χ1) is 15.4. The fraction of sp³-hybridized carbons (Fsp3) is 0.375. The van der Waals surface area contributed by atoms with Crippen LogP contribution in [-0.2, 0) is 21.4 Å². The highest BCUT2D eigenvalue weighted by Crippen LogP contribution is 2.42. The predicted octanol–water partition coefficient (Wildman–Crippen LogP) is 3.88. The second-order valence-corrected chi connectivity index (χ2v) is 9.74. The molecule has 170 valence electrons. The Balaban J connectivity index is 1.59. The molecular weight excluding hydrogens is 428 g/mol. The molecule has 1 N–H and O–H groups in total. The van der Waals surface area contributed by atoms with Crippen molar-refractivity contribution in [1.29, 1.82) is 0 Å². The molecule has 7 nitrogen and oxygen atoms in total. The smallest absolute Gasteiger partial charge is 0.258 e. The van der Waals surface area contributed by atoms with Crippen molar-refractivity contribution in [2.45, 2.75) is 44.0 Å². The summed E-state index contributed by atoms with van der Waals surface area (Å²) in [6, 6.07) is 10.2. The third-order valence-corrected chi connectivity index (χ3v) is 7.38. The summed E-state index contributed by atoms with van der Waals surface area (Å²) in [5.41, 5.74) is 4.01. The molecule has 0 saturated heterocycles. The Morgan fingerprint density at radius 2 is 1.81 bits per heavy atom. The van der Waals surface area contributed by atoms with Gasteiger partial charge in [0.15, 0.2) is 11.5 Å². The summed E-state index contributed by atoms with van der Waals surface area (Å²) in [5.74, 6) is 1.11. The average Bonchev–Trinajstić information content (AvgIpc) is 3.40. The molecule has 0 aromatic heterocycles. The summed E-state index contributed by atoms with van der Waals surface area (Å²) in [6.45, 7) is 2.50. The van der Waals surface area contributed by atoms with Crippen LogP contribution in [0.25, 0.3) is 5.57 Å². The van der Waals surface area contributed by atoms with E-state index in [1.165, 1.54) is 0 Å². The van der Waals surface area contributed by atoms with Crippen LogP contribution in [0.5, 0.6) is 11.5 Å². The Bertz CT molecular complexity index is 1180. The number of methoxy groups -OCH3 is 1. The van der Waals surface area contributed by atoms with Gasteiger partial charge in [-0.15, -0.1) is 0 Å². The van der Waals surface area contributed by atoms with Crippen LogP contribution in [0.2, 0.25) is 0 Å². The van der Waals surface area contributed by atoms with E-state index < -0.39 is 10.0 Å². The number of hydrogen-bond acceptors (Lipinski definition) is 5. The van der Waals surface area contributed by atoms with E-state index in [1.54, 1.807) is 55.5 Å². The van der Waals surface area contributed by atoms with Crippen LogP contribution in [0.3, 0.4) is 0 Å². The van der Waals surface area contributed by atoms with Crippen LogP contribution in [0.15, 0.2) is 46.9 Å². The summed E-state index contributed by atoms with van der Waals surface area (Å²) < 4.78 is 39.6. The molecule has 1 amide bonds. The molecule has 8 heteroatoms. The quantitative estimate of drug-likeness (QED) is 0.639. The maximum atomic E-state index is 13.0. The normalized spacial score (nSPS) is 16.0. The largest absolute Gasteiger partial charge is 0.493 e. The summed E-state index contributed by atoms with van der Waals surface area (Å²) in [7, 11) is -0.498. The lowest BCUT2D eigenvalue weighted by Gasteiger charge is -2.13. The molecule has 0 unspecified atom stereocenters. The second kappa shape index (κ2) is 8.96. The third-order valence-electron chi connectivity index (χ3n) is 5.98. The van der Waals surface area contributed by atoms with E-state index in [9.17, 15) is 13.2 Å². The van der Waals surface area contributed by atoms with Crippen molar-refractivity contribution in [3.8, 4) is 11.5 Å². The van der Waals surface area contributed by atoms with Crippen LogP contribution >= 0.6 is 0 Å². The minimum Gasteiger partial charge on any atom is -0.493 e. The number of ether oxygens (including phenoxy) is 2. The Morgan fingerprint density at radius 1 is 1.06 bits per heavy atom. The molecule has 1 fully saturated rings. The summed E-state index contributed by atoms with van der Waals surface area (Å²) in [4.78, 5) is 14.6. The van der Waals surface area contributed by atoms with Gasteiger partial charge in [0.05, 0.1) is 24.3 Å². The Labute approximate surface area is 189 Å². The van der Waals surface area contributed by atoms with Crippen molar-refractivity contribution in [2.75, 3.05) is 25.7 Å². The zero-order valence-electron chi connectivity index (χ0n) is 18.6. The number of likely N-dealkylation sites (N-methyl/N-ethyl adjacent to an activating group) is 1. The SMILES string of the molecule is CCOc1ccc(CNS(=O)(=O)c2ccc3c(c2)C(=C2CCCC2)C(=O)N3C)cc1OC. The van der Waals surface area contributed by atoms with Gasteiger partial charge in [-0.05, 0) is 68.5 Å². The van der Waals surface area contributed by atoms with Crippen molar-refractivity contribution in [3.63, 3.8) is 0 Å². The fourth-order valence-corrected chi connectivity index (χ4v) is 5.36. The molecule has 32 heavy (non-hydrogen) atoms. The van der Waals surface area contributed by atoms with Gasteiger partial charge in [0, 0.05) is 24.7 Å². The van der Waals surface area contributed by atoms with Gasteiger partial charge in [-0.25, -0.2) is 13.1 Å². The molecule has 1 heterocycles. The number of sulfonamides is 1. The first-order valence-electron chi connectivity index (χ1n) is 10.8. The lowest BCUT2D eigenvalue weighted by Crippen LogP contribution is -2.23. The maximum Gasteiger partial charge on any atom is 0.258 e. The van der Waals surface area contributed by atoms with Gasteiger partial charge in [0.25, 0.3) is 5.91 Å². The summed E-state index contributed by atoms with van der Waals surface area (Å²) in [5, 5.41) is 0. The van der Waals surface area contributed by atoms with Crippen molar-refractivity contribution >= 4 is 27.2 Å². The Hall–Kier alpha value is -2.84. The van der Waals surface area contributed by atoms with Gasteiger partial charge in [-0.2, -0.15) is 0 Å². The van der Waals surface area contributed by atoms with E-state index in [2.05, 4.69) is 4.72 Å². The highest BCUT2D eigenvalue weighted by molar-refractivity contribution is 7.89. The average molecular weight is 457 g/mol. The zero-order valence-corrected chi connectivity index (χ0v) is 19.4. The molecule has 0 spiro atoms. The van der Waals surface area contributed by atoms with Crippen molar-refractivity contribution in [3.05, 3.63) is 53.1 Å². The van der Waals surface area contributed by atoms with E-state index in [0.29, 0.717) is 29.2 Å². The number of fused-ring (bicyclic) bond motifs is 1. The minimum absolute atomic E-state index is 0.0547. The monoisotopic (exact) mass is 456 g/mol. The zero-order chi connectivity index (χ0) is 22.9. The summed E-state index contributed by atoms with van der Waals surface area (Å²) in [6.07, 6.45) is 3.92. The lowest BCUT2D eigenvalue weighted by molar-refractivity contribution is -0.112. The van der Waals surface area contributed by atoms with E-state index in [4.69, 9.17) is 9.47 Å². The number of rotatable bonds is 7. The fourth-order valence-electron chi connectivity index (χ4n) is 4.32. The standard InChI is InChI=1S/C24H28N2O5S/c1-4-31-21-12-9-16(13-22(21)30-3)15-25-32(28,29)18-10-11-20-19(14-18)23(24(27)26(20)2)17-7-5-6-8-17/h9-14,25H,4-8,15H2,1-3H3. The van der Waals surface area contributed by atoms with Crippen molar-refractivity contribution < 1.29 is 22.7 Å². The van der Waals surface area contributed by atoms with Gasteiger partial charge in [0.2, 0.25) is 10.0 Å². The van der Waals surface area contributed by atoms with E-state index in [1.807, 2.05) is 6.92 Å². The van der Waals surface area contributed by atoms with Crippen LogP contribution in [0.4, 0.5) is 5.69 Å². The van der Waals surface area contributed by atoms with Crippen molar-refractivity contribution in [2.24, 2.45) is 0 Å². The first kappa shape index (κ1) is 22.4. The van der Waals surface area contributed by atoms with Gasteiger partial charge in [-0.1, -0.05) is 11.6 Å². The maximum absolute atomic E-state index is 13.0. The lowest BCUT2D eigenvalue weighted by atomic mass is 10.00. The highest BCUT2D eigenvalue weighted by Gasteiger charge is 2.34. The molecule has 2 aromatic rings. The molecule has 2 aliphatic rings. The molecule has 0 bridgehead atoms. The number of nitrogens with one attached hydrogen (secondary N) is 1. The van der Waals surface area contributed by atoms with Crippen LogP contribution in [-0.4, -0.2) is 35.1 Å². The molecule has 1 saturated carbocycles. The Kier molecular flexibility index (Phi) is 6.26. The number of allylic oxidation sites excluding steroid dienone is 1. The van der Waals surface area contributed by atoms with Crippen LogP contribution in [0.1, 0.15) is 43.7 Å². The second-order valence-electron chi connectivity index (χ2n) is 7.97. The molecule has 1 aliphatic heterocycles. The van der Waals surface area contributed by atoms with E-state index in [-0.39, 0.29) is 17.3 Å². The van der Waals surface area contributed by atoms with E-state index in [0.717, 1.165) is 42.5 Å². The number of anilines is 1. The molecule has 2 aromatic carbocycles. The topological polar surface area (TPSA) is 84.9 Å². The number of carbonyl (C=O) groups excluding carboxylic acids is 1. The molecule has 0 radical (unpaired) electrons. The molecular formula is C24H28N2O5S. The number of amides is 1. The van der Waals surface area contributed by atoms with Gasteiger partial charge < -0.3 is 14.4 Å². The number of hydrogen-bond donors (Lipinski definition) is 1.